The van der Waals surface area contributed by atoms with E-state index in [9.17, 15) is 0 Å². The third-order valence-corrected chi connectivity index (χ3v) is 10.4. The molecule has 50 heavy (non-hydrogen) atoms. The van der Waals surface area contributed by atoms with E-state index in [1.54, 1.807) is 0 Å². The molecule has 0 atom stereocenters. The second-order valence-corrected chi connectivity index (χ2v) is 13.9. The van der Waals surface area contributed by atoms with Crippen LogP contribution in [-0.2, 0) is 0 Å². The lowest BCUT2D eigenvalue weighted by atomic mass is 9.89. The molecule has 9 aromatic rings. The van der Waals surface area contributed by atoms with Gasteiger partial charge in [0.05, 0.1) is 5.69 Å². The molecular weight excluding hydrogens is 717 g/mol. The number of halogens is 1. The van der Waals surface area contributed by atoms with Gasteiger partial charge < -0.3 is 4.90 Å². The molecule has 2 heteroatoms. The lowest BCUT2D eigenvalue weighted by molar-refractivity contribution is 1.31. The van der Waals surface area contributed by atoms with Crippen LogP contribution in [-0.4, -0.2) is 0 Å². The average molecular weight is 750 g/mol. The van der Waals surface area contributed by atoms with Crippen molar-refractivity contribution in [2.75, 3.05) is 4.90 Å². The van der Waals surface area contributed by atoms with Crippen molar-refractivity contribution in [1.82, 2.24) is 0 Å². The van der Waals surface area contributed by atoms with E-state index in [4.69, 9.17) is 0 Å². The molecule has 0 heterocycles. The van der Waals surface area contributed by atoms with Crippen molar-refractivity contribution < 1.29 is 0 Å². The van der Waals surface area contributed by atoms with Crippen LogP contribution in [0.3, 0.4) is 0 Å². The number of rotatable bonds is 6. The SMILES string of the molecule is Ic1cccc(-c2ccc(N(c3ccc(-c4ccccc4)cc3)c3c4ccccc4c(-c4ccc5ccccc5c4)c4ccccc34)cc2)c1. The Morgan fingerprint density at radius 1 is 0.320 bits per heavy atom. The summed E-state index contributed by atoms with van der Waals surface area (Å²) in [6.45, 7) is 0. The molecule has 0 saturated heterocycles. The van der Waals surface area contributed by atoms with Crippen LogP contribution in [0.25, 0.3) is 65.7 Å². The van der Waals surface area contributed by atoms with Gasteiger partial charge in [-0.3, -0.25) is 0 Å². The molecule has 236 valence electrons. The number of nitrogens with zero attached hydrogens (tertiary/aromatic N) is 1. The van der Waals surface area contributed by atoms with Crippen molar-refractivity contribution in [2.45, 2.75) is 0 Å². The highest BCUT2D eigenvalue weighted by Crippen LogP contribution is 2.48. The first-order chi connectivity index (χ1) is 24.7. The van der Waals surface area contributed by atoms with Gasteiger partial charge in [-0.15, -0.1) is 0 Å². The molecule has 9 aromatic carbocycles. The highest BCUT2D eigenvalue weighted by atomic mass is 127. The zero-order valence-corrected chi connectivity index (χ0v) is 29.5. The number of anilines is 3. The maximum Gasteiger partial charge on any atom is 0.0618 e. The Balaban J connectivity index is 1.29. The van der Waals surface area contributed by atoms with Crippen LogP contribution in [0.15, 0.2) is 194 Å². The van der Waals surface area contributed by atoms with Crippen LogP contribution >= 0.6 is 22.6 Å². The maximum atomic E-state index is 2.45. The fourth-order valence-electron chi connectivity index (χ4n) is 7.31. The standard InChI is InChI=1S/C48H32IN/c49-40-16-10-15-38(32-40)36-25-29-42(30-26-36)50(41-27-23-35(24-28-41)33-11-2-1-3-12-33)48-45-19-8-6-17-43(45)47(44-18-7-9-20-46(44)48)39-22-21-34-13-4-5-14-37(34)31-39/h1-32H. The summed E-state index contributed by atoms with van der Waals surface area (Å²) in [6, 6.07) is 70.6. The zero-order valence-electron chi connectivity index (χ0n) is 27.3. The van der Waals surface area contributed by atoms with Gasteiger partial charge in [0, 0.05) is 25.7 Å². The highest BCUT2D eigenvalue weighted by Gasteiger charge is 2.22. The molecule has 0 amide bonds. The van der Waals surface area contributed by atoms with Gasteiger partial charge in [0.1, 0.15) is 0 Å². The largest absolute Gasteiger partial charge is 0.309 e. The van der Waals surface area contributed by atoms with E-state index in [2.05, 4.69) is 222 Å². The summed E-state index contributed by atoms with van der Waals surface area (Å²) in [5.41, 5.74) is 10.7. The normalized spacial score (nSPS) is 11.3. The zero-order chi connectivity index (χ0) is 33.4. The van der Waals surface area contributed by atoms with Gasteiger partial charge in [0.25, 0.3) is 0 Å². The summed E-state index contributed by atoms with van der Waals surface area (Å²) in [5.74, 6) is 0. The molecule has 0 saturated carbocycles. The monoisotopic (exact) mass is 749 g/mol. The lowest BCUT2D eigenvalue weighted by Crippen LogP contribution is -2.11. The van der Waals surface area contributed by atoms with Crippen LogP contribution in [0.1, 0.15) is 0 Å². The smallest absolute Gasteiger partial charge is 0.0618 e. The fourth-order valence-corrected chi connectivity index (χ4v) is 7.86. The molecule has 0 aliphatic rings. The maximum absolute atomic E-state index is 2.45. The van der Waals surface area contributed by atoms with Crippen molar-refractivity contribution >= 4 is 72.0 Å². The van der Waals surface area contributed by atoms with Gasteiger partial charge in [-0.2, -0.15) is 0 Å². The average Bonchev–Trinajstić information content (AvgIpc) is 3.18. The summed E-state index contributed by atoms with van der Waals surface area (Å²) in [4.78, 5) is 2.45. The Morgan fingerprint density at radius 3 is 1.42 bits per heavy atom. The van der Waals surface area contributed by atoms with E-state index in [0.29, 0.717) is 0 Å². The first-order valence-electron chi connectivity index (χ1n) is 17.0. The molecule has 9 rings (SSSR count). The van der Waals surface area contributed by atoms with Gasteiger partial charge in [-0.1, -0.05) is 152 Å². The molecule has 0 N–H and O–H groups in total. The molecule has 0 fully saturated rings. The number of hydrogen-bond donors (Lipinski definition) is 0. The predicted molar refractivity (Wildman–Crippen MR) is 223 cm³/mol. The third-order valence-electron chi connectivity index (χ3n) is 9.68. The molecule has 1 nitrogen and oxygen atoms in total. The van der Waals surface area contributed by atoms with E-state index in [-0.39, 0.29) is 0 Å². The second kappa shape index (κ2) is 13.0. The summed E-state index contributed by atoms with van der Waals surface area (Å²) in [6.07, 6.45) is 0. The molecule has 0 aliphatic carbocycles. The van der Waals surface area contributed by atoms with Crippen LogP contribution < -0.4 is 4.90 Å². The Bertz CT molecular complexity index is 2580. The second-order valence-electron chi connectivity index (χ2n) is 12.7. The molecule has 0 bridgehead atoms. The van der Waals surface area contributed by atoms with Crippen LogP contribution in [0, 0.1) is 3.57 Å². The molecule has 0 radical (unpaired) electrons. The molecule has 0 spiro atoms. The van der Waals surface area contributed by atoms with Gasteiger partial charge in [-0.05, 0) is 120 Å². The van der Waals surface area contributed by atoms with E-state index >= 15 is 0 Å². The van der Waals surface area contributed by atoms with Crippen LogP contribution in [0.5, 0.6) is 0 Å². The van der Waals surface area contributed by atoms with Gasteiger partial charge in [0.2, 0.25) is 0 Å². The van der Waals surface area contributed by atoms with E-state index in [1.807, 2.05) is 0 Å². The first-order valence-corrected chi connectivity index (χ1v) is 18.0. The highest BCUT2D eigenvalue weighted by molar-refractivity contribution is 14.1. The Morgan fingerprint density at radius 2 is 0.800 bits per heavy atom. The van der Waals surface area contributed by atoms with Crippen molar-refractivity contribution in [2.24, 2.45) is 0 Å². The summed E-state index contributed by atoms with van der Waals surface area (Å²) >= 11 is 2.39. The predicted octanol–water partition coefficient (Wildman–Crippen LogP) is 14.2. The van der Waals surface area contributed by atoms with Gasteiger partial charge in [0.15, 0.2) is 0 Å². The molecule has 0 unspecified atom stereocenters. The topological polar surface area (TPSA) is 3.24 Å². The number of fused-ring (bicyclic) bond motifs is 3. The molecular formula is C48H32IN. The quantitative estimate of drug-likeness (QED) is 0.121. The van der Waals surface area contributed by atoms with E-state index in [0.717, 1.165) is 11.4 Å². The summed E-state index contributed by atoms with van der Waals surface area (Å²) < 4.78 is 1.23. The number of hydrogen-bond acceptors (Lipinski definition) is 1. The summed E-state index contributed by atoms with van der Waals surface area (Å²) in [7, 11) is 0. The van der Waals surface area contributed by atoms with E-state index in [1.165, 1.54) is 75.0 Å². The number of benzene rings is 9. The van der Waals surface area contributed by atoms with Crippen LogP contribution in [0.2, 0.25) is 0 Å². The lowest BCUT2D eigenvalue weighted by Gasteiger charge is -2.30. The minimum atomic E-state index is 1.11. The van der Waals surface area contributed by atoms with Crippen molar-refractivity contribution in [1.29, 1.82) is 0 Å². The Labute approximate surface area is 306 Å². The van der Waals surface area contributed by atoms with Crippen molar-refractivity contribution in [3.8, 4) is 33.4 Å². The minimum Gasteiger partial charge on any atom is -0.309 e. The molecule has 0 aliphatic heterocycles. The van der Waals surface area contributed by atoms with E-state index < -0.39 is 0 Å². The minimum absolute atomic E-state index is 1.11. The molecule has 0 aromatic heterocycles. The Hall–Kier alpha value is -5.71. The van der Waals surface area contributed by atoms with Crippen LogP contribution in [0.4, 0.5) is 17.1 Å². The van der Waals surface area contributed by atoms with Crippen molar-refractivity contribution in [3.05, 3.63) is 198 Å². The Kier molecular flexibility index (Phi) is 7.87. The van der Waals surface area contributed by atoms with Crippen molar-refractivity contribution in [3.63, 3.8) is 0 Å². The third kappa shape index (κ3) is 5.52. The summed E-state index contributed by atoms with van der Waals surface area (Å²) in [5, 5.41) is 7.39. The fraction of sp³-hybridized carbons (Fsp3) is 0. The van der Waals surface area contributed by atoms with Gasteiger partial charge >= 0.3 is 0 Å². The van der Waals surface area contributed by atoms with Gasteiger partial charge in [-0.25, -0.2) is 0 Å². The first kappa shape index (κ1) is 30.4.